The van der Waals surface area contributed by atoms with Crippen LogP contribution in [0.5, 0.6) is 0 Å². The number of halogens is 3. The van der Waals surface area contributed by atoms with Gasteiger partial charge in [0, 0.05) is 31.4 Å². The Bertz CT molecular complexity index is 798. The van der Waals surface area contributed by atoms with E-state index in [0.717, 1.165) is 17.7 Å². The number of aliphatic hydroxyl groups is 1. The summed E-state index contributed by atoms with van der Waals surface area (Å²) in [6.45, 7) is 0.429. The number of pyridine rings is 1. The minimum atomic E-state index is -4.39. The SMILES string of the molecule is O=C(Cc1ccc(C(F)(F)F)cc1)N1C[C@@H](Cc2ccncc2)[C@H](O)C1.O=CO. The lowest BCUT2D eigenvalue weighted by Crippen LogP contribution is -2.31. The zero-order chi connectivity index (χ0) is 21.4. The highest BCUT2D eigenvalue weighted by Gasteiger charge is 2.34. The van der Waals surface area contributed by atoms with E-state index in [-0.39, 0.29) is 31.3 Å². The Balaban J connectivity index is 0.000000941. The van der Waals surface area contributed by atoms with Crippen molar-refractivity contribution in [3.8, 4) is 0 Å². The lowest BCUT2D eigenvalue weighted by Gasteiger charge is -2.16. The molecule has 1 saturated heterocycles. The summed E-state index contributed by atoms with van der Waals surface area (Å²) in [5, 5.41) is 17.1. The summed E-state index contributed by atoms with van der Waals surface area (Å²) < 4.78 is 37.8. The summed E-state index contributed by atoms with van der Waals surface area (Å²) in [5.41, 5.74) is 0.832. The van der Waals surface area contributed by atoms with E-state index in [2.05, 4.69) is 4.98 Å². The summed E-state index contributed by atoms with van der Waals surface area (Å²) in [4.78, 5) is 26.3. The first kappa shape index (κ1) is 22.4. The molecule has 2 aromatic rings. The summed E-state index contributed by atoms with van der Waals surface area (Å²) in [5.74, 6) is -0.255. The predicted molar refractivity (Wildman–Crippen MR) is 97.9 cm³/mol. The van der Waals surface area contributed by atoms with Crippen molar-refractivity contribution < 1.29 is 33.0 Å². The molecule has 0 aliphatic carbocycles. The number of carbonyl (C=O) groups is 2. The van der Waals surface area contributed by atoms with Crippen LogP contribution in [0.15, 0.2) is 48.8 Å². The molecule has 1 aromatic heterocycles. The van der Waals surface area contributed by atoms with Gasteiger partial charge in [-0.2, -0.15) is 13.2 Å². The second-order valence-corrected chi connectivity index (χ2v) is 6.66. The highest BCUT2D eigenvalue weighted by Crippen LogP contribution is 2.29. The largest absolute Gasteiger partial charge is 0.483 e. The van der Waals surface area contributed by atoms with E-state index in [9.17, 15) is 23.1 Å². The monoisotopic (exact) mass is 410 g/mol. The van der Waals surface area contributed by atoms with Gasteiger partial charge in [-0.15, -0.1) is 0 Å². The zero-order valence-corrected chi connectivity index (χ0v) is 15.4. The van der Waals surface area contributed by atoms with Gasteiger partial charge in [0.2, 0.25) is 5.91 Å². The lowest BCUT2D eigenvalue weighted by atomic mass is 9.97. The van der Waals surface area contributed by atoms with E-state index in [1.165, 1.54) is 12.1 Å². The van der Waals surface area contributed by atoms with Crippen LogP contribution >= 0.6 is 0 Å². The van der Waals surface area contributed by atoms with Crippen LogP contribution in [0.1, 0.15) is 16.7 Å². The number of alkyl halides is 3. The number of hydrogen-bond donors (Lipinski definition) is 2. The Morgan fingerprint density at radius 2 is 1.69 bits per heavy atom. The van der Waals surface area contributed by atoms with Gasteiger partial charge in [-0.25, -0.2) is 0 Å². The van der Waals surface area contributed by atoms with E-state index < -0.39 is 17.8 Å². The first-order valence-electron chi connectivity index (χ1n) is 8.83. The number of carbonyl (C=O) groups excluding carboxylic acids is 1. The first-order valence-corrected chi connectivity index (χ1v) is 8.83. The van der Waals surface area contributed by atoms with Crippen LogP contribution < -0.4 is 0 Å². The summed E-state index contributed by atoms with van der Waals surface area (Å²) >= 11 is 0. The predicted octanol–water partition coefficient (Wildman–Crippen LogP) is 2.41. The molecule has 1 aromatic carbocycles. The molecule has 0 bridgehead atoms. The minimum Gasteiger partial charge on any atom is -0.483 e. The Hall–Kier alpha value is -2.94. The molecule has 0 unspecified atom stereocenters. The lowest BCUT2D eigenvalue weighted by molar-refractivity contribution is -0.137. The third-order valence-electron chi connectivity index (χ3n) is 4.64. The standard InChI is InChI=1S/C19H19F3N2O2.CH2O2/c20-19(21,22)16-3-1-13(2-4-16)10-18(26)24-11-15(17(25)12-24)9-14-5-7-23-8-6-14;2-1-3/h1-8,15,17,25H,9-12H2;1H,(H,2,3)/t15-,17-;/m1./s1. The summed E-state index contributed by atoms with van der Waals surface area (Å²) in [7, 11) is 0. The van der Waals surface area contributed by atoms with E-state index in [1.807, 2.05) is 12.1 Å². The molecular formula is C20H21F3N2O4. The third kappa shape index (κ3) is 6.56. The van der Waals surface area contributed by atoms with Gasteiger partial charge in [0.1, 0.15) is 0 Å². The maximum Gasteiger partial charge on any atom is 0.416 e. The van der Waals surface area contributed by atoms with Crippen LogP contribution in [0.25, 0.3) is 0 Å². The molecular weight excluding hydrogens is 389 g/mol. The van der Waals surface area contributed by atoms with Crippen LogP contribution in [0, 0.1) is 5.92 Å². The molecule has 1 aliphatic rings. The molecule has 2 heterocycles. The number of likely N-dealkylation sites (tertiary alicyclic amines) is 1. The van der Waals surface area contributed by atoms with Crippen LogP contribution in [0.2, 0.25) is 0 Å². The minimum absolute atomic E-state index is 0.0207. The van der Waals surface area contributed by atoms with Gasteiger partial charge in [-0.3, -0.25) is 14.6 Å². The van der Waals surface area contributed by atoms with Gasteiger partial charge >= 0.3 is 6.18 Å². The van der Waals surface area contributed by atoms with E-state index in [1.54, 1.807) is 17.3 Å². The van der Waals surface area contributed by atoms with Gasteiger partial charge in [-0.1, -0.05) is 12.1 Å². The molecule has 0 radical (unpaired) electrons. The molecule has 2 N–H and O–H groups in total. The van der Waals surface area contributed by atoms with Crippen molar-refractivity contribution in [1.82, 2.24) is 9.88 Å². The van der Waals surface area contributed by atoms with Crippen molar-refractivity contribution in [1.29, 1.82) is 0 Å². The molecule has 3 rings (SSSR count). The molecule has 9 heteroatoms. The Labute approximate surface area is 165 Å². The van der Waals surface area contributed by atoms with Gasteiger partial charge in [0.25, 0.3) is 6.47 Å². The number of rotatable bonds is 4. The number of carboxylic acid groups (broad SMARTS) is 1. The Morgan fingerprint density at radius 3 is 2.24 bits per heavy atom. The van der Waals surface area contributed by atoms with Crippen molar-refractivity contribution in [2.75, 3.05) is 13.1 Å². The van der Waals surface area contributed by atoms with Crippen molar-refractivity contribution in [2.45, 2.75) is 25.1 Å². The number of hydrogen-bond acceptors (Lipinski definition) is 4. The maximum absolute atomic E-state index is 12.6. The van der Waals surface area contributed by atoms with Crippen molar-refractivity contribution in [2.24, 2.45) is 5.92 Å². The number of aliphatic hydroxyl groups excluding tert-OH is 1. The van der Waals surface area contributed by atoms with E-state index in [4.69, 9.17) is 9.90 Å². The quantitative estimate of drug-likeness (QED) is 0.756. The molecule has 0 spiro atoms. The number of benzene rings is 1. The fraction of sp³-hybridized carbons (Fsp3) is 0.350. The fourth-order valence-electron chi connectivity index (χ4n) is 3.18. The second kappa shape index (κ2) is 10.0. The highest BCUT2D eigenvalue weighted by atomic mass is 19.4. The van der Waals surface area contributed by atoms with Crippen LogP contribution in [-0.4, -0.2) is 51.7 Å². The van der Waals surface area contributed by atoms with Crippen LogP contribution in [-0.2, 0) is 28.6 Å². The molecule has 0 saturated carbocycles. The van der Waals surface area contributed by atoms with Gasteiger partial charge in [0.15, 0.2) is 0 Å². The maximum atomic E-state index is 12.6. The number of β-amino-alcohol motifs (C(OH)–C–C–N with tert-alkyl or cyclic N) is 1. The molecule has 156 valence electrons. The van der Waals surface area contributed by atoms with Crippen LogP contribution in [0.3, 0.4) is 0 Å². The van der Waals surface area contributed by atoms with Crippen molar-refractivity contribution in [3.05, 3.63) is 65.5 Å². The molecule has 1 fully saturated rings. The normalized spacial score (nSPS) is 18.7. The van der Waals surface area contributed by atoms with Crippen molar-refractivity contribution in [3.63, 3.8) is 0 Å². The third-order valence-corrected chi connectivity index (χ3v) is 4.64. The average molecular weight is 410 g/mol. The highest BCUT2D eigenvalue weighted by molar-refractivity contribution is 5.79. The Morgan fingerprint density at radius 1 is 1.10 bits per heavy atom. The van der Waals surface area contributed by atoms with Crippen LogP contribution in [0.4, 0.5) is 13.2 Å². The second-order valence-electron chi connectivity index (χ2n) is 6.66. The smallest absolute Gasteiger partial charge is 0.416 e. The van der Waals surface area contributed by atoms with Gasteiger partial charge in [-0.05, 0) is 41.8 Å². The van der Waals surface area contributed by atoms with E-state index >= 15 is 0 Å². The molecule has 6 nitrogen and oxygen atoms in total. The number of nitrogens with zero attached hydrogens (tertiary/aromatic N) is 2. The van der Waals surface area contributed by atoms with Gasteiger partial charge < -0.3 is 15.1 Å². The molecule has 1 amide bonds. The summed E-state index contributed by atoms with van der Waals surface area (Å²) in [6.07, 6.45) is -0.962. The number of amides is 1. The number of aromatic nitrogens is 1. The van der Waals surface area contributed by atoms with Crippen molar-refractivity contribution >= 4 is 12.4 Å². The molecule has 29 heavy (non-hydrogen) atoms. The zero-order valence-electron chi connectivity index (χ0n) is 15.4. The Kier molecular flexibility index (Phi) is 7.72. The van der Waals surface area contributed by atoms with E-state index in [0.29, 0.717) is 18.5 Å². The molecule has 2 atom stereocenters. The molecule has 1 aliphatic heterocycles. The van der Waals surface area contributed by atoms with Gasteiger partial charge in [0.05, 0.1) is 18.1 Å². The topological polar surface area (TPSA) is 90.7 Å². The summed E-state index contributed by atoms with van der Waals surface area (Å²) in [6, 6.07) is 8.35. The average Bonchev–Trinajstić information content (AvgIpc) is 3.04. The first-order chi connectivity index (χ1) is 13.7. The fourth-order valence-corrected chi connectivity index (χ4v) is 3.18.